The monoisotopic (exact) mass is 260 g/mol. The topological polar surface area (TPSA) is 29.5 Å². The Morgan fingerprint density at radius 2 is 1.95 bits per heavy atom. The van der Waals surface area contributed by atoms with Crippen molar-refractivity contribution in [2.45, 2.75) is 50.5 Å². The molecule has 0 bridgehead atoms. The van der Waals surface area contributed by atoms with Gasteiger partial charge >= 0.3 is 0 Å². The van der Waals surface area contributed by atoms with Crippen molar-refractivity contribution in [1.82, 2.24) is 0 Å². The number of hydrogen-bond donors (Lipinski definition) is 1. The van der Waals surface area contributed by atoms with Gasteiger partial charge in [-0.05, 0) is 61.5 Å². The number of aliphatic hydroxyl groups is 1. The Balaban J connectivity index is 1.66. The van der Waals surface area contributed by atoms with Crippen molar-refractivity contribution in [1.29, 1.82) is 0 Å². The number of rotatable bonds is 3. The van der Waals surface area contributed by atoms with Crippen LogP contribution in [0.4, 0.5) is 0 Å². The van der Waals surface area contributed by atoms with E-state index in [0.717, 1.165) is 32.5 Å². The van der Waals surface area contributed by atoms with Gasteiger partial charge in [0.1, 0.15) is 0 Å². The second kappa shape index (κ2) is 6.06. The first-order valence-electron chi connectivity index (χ1n) is 7.68. The van der Waals surface area contributed by atoms with Crippen molar-refractivity contribution in [3.8, 4) is 0 Å². The molecule has 0 saturated carbocycles. The molecule has 2 atom stereocenters. The van der Waals surface area contributed by atoms with E-state index in [1.54, 1.807) is 0 Å². The highest BCUT2D eigenvalue weighted by atomic mass is 16.5. The summed E-state index contributed by atoms with van der Waals surface area (Å²) < 4.78 is 5.38. The first kappa shape index (κ1) is 13.1. The van der Waals surface area contributed by atoms with E-state index in [4.69, 9.17) is 4.74 Å². The molecule has 3 rings (SSSR count). The minimum atomic E-state index is -0.153. The molecule has 1 aromatic carbocycles. The third kappa shape index (κ3) is 3.01. The number of benzene rings is 1. The van der Waals surface area contributed by atoms with Crippen LogP contribution in [-0.4, -0.2) is 24.4 Å². The zero-order valence-corrected chi connectivity index (χ0v) is 11.6. The van der Waals surface area contributed by atoms with Crippen LogP contribution >= 0.6 is 0 Å². The second-order valence-corrected chi connectivity index (χ2v) is 6.04. The maximum absolute atomic E-state index is 10.5. The Morgan fingerprint density at radius 1 is 1.16 bits per heavy atom. The quantitative estimate of drug-likeness (QED) is 0.903. The Morgan fingerprint density at radius 3 is 2.79 bits per heavy atom. The Labute approximate surface area is 115 Å². The van der Waals surface area contributed by atoms with Crippen molar-refractivity contribution in [2.24, 2.45) is 5.92 Å². The molecule has 1 fully saturated rings. The fourth-order valence-electron chi connectivity index (χ4n) is 3.68. The minimum Gasteiger partial charge on any atom is -0.393 e. The molecule has 0 spiro atoms. The summed E-state index contributed by atoms with van der Waals surface area (Å²) in [5.41, 5.74) is 2.98. The van der Waals surface area contributed by atoms with Crippen LogP contribution in [0.3, 0.4) is 0 Å². The number of aliphatic hydroxyl groups excluding tert-OH is 1. The predicted octanol–water partition coefficient (Wildman–Crippen LogP) is 3.28. The molecule has 1 heterocycles. The van der Waals surface area contributed by atoms with Gasteiger partial charge in [-0.2, -0.15) is 0 Å². The third-order valence-corrected chi connectivity index (χ3v) is 4.83. The summed E-state index contributed by atoms with van der Waals surface area (Å²) >= 11 is 0. The molecule has 0 amide bonds. The molecular formula is C17H24O2. The Bertz CT molecular complexity index is 409. The van der Waals surface area contributed by atoms with E-state index in [-0.39, 0.29) is 6.10 Å². The predicted molar refractivity (Wildman–Crippen MR) is 76.3 cm³/mol. The lowest BCUT2D eigenvalue weighted by Crippen LogP contribution is -2.29. The standard InChI is InChI=1S/C17H24O2/c18-17(14-8-10-19-11-9-14)12-15-6-3-5-13-4-1-2-7-16(13)15/h1-2,4,7,14-15,17-18H,3,5-6,8-12H2. The molecule has 2 nitrogen and oxygen atoms in total. The van der Waals surface area contributed by atoms with Gasteiger partial charge < -0.3 is 9.84 Å². The Hall–Kier alpha value is -0.860. The lowest BCUT2D eigenvalue weighted by atomic mass is 9.77. The molecule has 0 radical (unpaired) electrons. The second-order valence-electron chi connectivity index (χ2n) is 6.04. The first-order chi connectivity index (χ1) is 9.34. The lowest BCUT2D eigenvalue weighted by molar-refractivity contribution is 0.00172. The van der Waals surface area contributed by atoms with Gasteiger partial charge in [0, 0.05) is 13.2 Å². The van der Waals surface area contributed by atoms with Gasteiger partial charge in [-0.3, -0.25) is 0 Å². The highest BCUT2D eigenvalue weighted by molar-refractivity contribution is 5.32. The van der Waals surface area contributed by atoms with Crippen LogP contribution in [-0.2, 0) is 11.2 Å². The van der Waals surface area contributed by atoms with Gasteiger partial charge in [-0.1, -0.05) is 24.3 Å². The fourth-order valence-corrected chi connectivity index (χ4v) is 3.68. The molecule has 104 valence electrons. The van der Waals surface area contributed by atoms with Gasteiger partial charge in [-0.25, -0.2) is 0 Å². The average molecular weight is 260 g/mol. The summed E-state index contributed by atoms with van der Waals surface area (Å²) in [6, 6.07) is 8.78. The summed E-state index contributed by atoms with van der Waals surface area (Å²) in [6.45, 7) is 1.64. The molecule has 19 heavy (non-hydrogen) atoms. The molecule has 2 heteroatoms. The number of aryl methyl sites for hydroxylation is 1. The van der Waals surface area contributed by atoms with Crippen LogP contribution < -0.4 is 0 Å². The highest BCUT2D eigenvalue weighted by Gasteiger charge is 2.27. The van der Waals surface area contributed by atoms with Gasteiger partial charge in [-0.15, -0.1) is 0 Å². The lowest BCUT2D eigenvalue weighted by Gasteiger charge is -2.32. The molecule has 1 aromatic rings. The molecular weight excluding hydrogens is 236 g/mol. The van der Waals surface area contributed by atoms with Gasteiger partial charge in [0.25, 0.3) is 0 Å². The van der Waals surface area contributed by atoms with Crippen LogP contribution in [0.2, 0.25) is 0 Å². The molecule has 0 aromatic heterocycles. The van der Waals surface area contributed by atoms with E-state index in [0.29, 0.717) is 11.8 Å². The molecule has 2 unspecified atom stereocenters. The number of ether oxygens (including phenoxy) is 1. The molecule has 2 aliphatic rings. The van der Waals surface area contributed by atoms with E-state index in [1.807, 2.05) is 0 Å². The van der Waals surface area contributed by atoms with Crippen molar-refractivity contribution in [3.05, 3.63) is 35.4 Å². The van der Waals surface area contributed by atoms with Gasteiger partial charge in [0.05, 0.1) is 6.10 Å². The Kier molecular flexibility index (Phi) is 4.19. The maximum atomic E-state index is 10.5. The summed E-state index contributed by atoms with van der Waals surface area (Å²) in [6.07, 6.45) is 6.53. The maximum Gasteiger partial charge on any atom is 0.0575 e. The number of fused-ring (bicyclic) bond motifs is 1. The smallest absolute Gasteiger partial charge is 0.0575 e. The zero-order chi connectivity index (χ0) is 13.1. The number of hydrogen-bond acceptors (Lipinski definition) is 2. The van der Waals surface area contributed by atoms with E-state index in [1.165, 1.54) is 30.4 Å². The van der Waals surface area contributed by atoms with Crippen molar-refractivity contribution >= 4 is 0 Å². The van der Waals surface area contributed by atoms with Crippen molar-refractivity contribution < 1.29 is 9.84 Å². The van der Waals surface area contributed by atoms with Crippen LogP contribution in [0.25, 0.3) is 0 Å². The van der Waals surface area contributed by atoms with E-state index < -0.39 is 0 Å². The van der Waals surface area contributed by atoms with Crippen molar-refractivity contribution in [2.75, 3.05) is 13.2 Å². The largest absolute Gasteiger partial charge is 0.393 e. The SMILES string of the molecule is OC(CC1CCCc2ccccc21)C1CCOCC1. The van der Waals surface area contributed by atoms with E-state index in [9.17, 15) is 5.11 Å². The normalized spacial score (nSPS) is 25.8. The molecule has 1 aliphatic heterocycles. The van der Waals surface area contributed by atoms with Crippen molar-refractivity contribution in [3.63, 3.8) is 0 Å². The first-order valence-corrected chi connectivity index (χ1v) is 7.68. The highest BCUT2D eigenvalue weighted by Crippen LogP contribution is 2.36. The van der Waals surface area contributed by atoms with Crippen LogP contribution in [0.15, 0.2) is 24.3 Å². The molecule has 1 aliphatic carbocycles. The summed E-state index contributed by atoms with van der Waals surface area (Å²) in [4.78, 5) is 0. The van der Waals surface area contributed by atoms with Gasteiger partial charge in [0.15, 0.2) is 0 Å². The minimum absolute atomic E-state index is 0.153. The van der Waals surface area contributed by atoms with Crippen LogP contribution in [0.1, 0.15) is 49.1 Å². The summed E-state index contributed by atoms with van der Waals surface area (Å²) in [5, 5.41) is 10.5. The zero-order valence-electron chi connectivity index (χ0n) is 11.6. The van der Waals surface area contributed by atoms with E-state index in [2.05, 4.69) is 24.3 Å². The molecule has 1 saturated heterocycles. The van der Waals surface area contributed by atoms with Crippen LogP contribution in [0, 0.1) is 5.92 Å². The summed E-state index contributed by atoms with van der Waals surface area (Å²) in [7, 11) is 0. The fraction of sp³-hybridized carbons (Fsp3) is 0.647. The van der Waals surface area contributed by atoms with E-state index >= 15 is 0 Å². The molecule has 1 N–H and O–H groups in total. The van der Waals surface area contributed by atoms with Crippen LogP contribution in [0.5, 0.6) is 0 Å². The third-order valence-electron chi connectivity index (χ3n) is 4.83. The van der Waals surface area contributed by atoms with Gasteiger partial charge in [0.2, 0.25) is 0 Å². The average Bonchev–Trinajstić information content (AvgIpc) is 2.48. The summed E-state index contributed by atoms with van der Waals surface area (Å²) in [5.74, 6) is 1.01.